The average molecular weight is 439 g/mol. The number of hydrogen-bond acceptors (Lipinski definition) is 6. The second-order valence-corrected chi connectivity index (χ2v) is 9.38. The molecule has 0 atom stereocenters. The minimum atomic E-state index is -3.49. The molecule has 162 valence electrons. The van der Waals surface area contributed by atoms with Crippen LogP contribution in [0.15, 0.2) is 59.5 Å². The summed E-state index contributed by atoms with van der Waals surface area (Å²) in [5.41, 5.74) is 2.95. The molecular weight excluding hydrogens is 412 g/mol. The standard InChI is InChI=1S/C23H26N4O3S/c1-3-30-20-10-8-19(9-11-20)24-23-13-12-21(25-26-23)18-7-6-17(2)22(16-18)31(28,29)27-14-4-5-15-27/h6-13,16H,3-5,14-15H2,1-2H3,(H,24,26). The molecule has 1 fully saturated rings. The lowest BCUT2D eigenvalue weighted by atomic mass is 10.1. The van der Waals surface area contributed by atoms with Crippen molar-refractivity contribution < 1.29 is 13.2 Å². The maximum Gasteiger partial charge on any atom is 0.243 e. The lowest BCUT2D eigenvalue weighted by molar-refractivity contribution is 0.340. The first-order chi connectivity index (χ1) is 15.0. The molecule has 0 radical (unpaired) electrons. The molecule has 0 aliphatic carbocycles. The predicted octanol–water partition coefficient (Wildman–Crippen LogP) is 4.38. The lowest BCUT2D eigenvalue weighted by Gasteiger charge is -2.17. The monoisotopic (exact) mass is 438 g/mol. The van der Waals surface area contributed by atoms with E-state index >= 15 is 0 Å². The largest absolute Gasteiger partial charge is 0.494 e. The Morgan fingerprint density at radius 3 is 2.39 bits per heavy atom. The molecule has 1 aliphatic rings. The fourth-order valence-corrected chi connectivity index (χ4v) is 5.37. The van der Waals surface area contributed by atoms with Gasteiger partial charge in [0.15, 0.2) is 5.82 Å². The van der Waals surface area contributed by atoms with Crippen LogP contribution in [-0.4, -0.2) is 42.6 Å². The van der Waals surface area contributed by atoms with Crippen LogP contribution < -0.4 is 10.1 Å². The van der Waals surface area contributed by atoms with E-state index < -0.39 is 10.0 Å². The Bertz CT molecular complexity index is 1140. The second-order valence-electron chi connectivity index (χ2n) is 7.48. The third-order valence-corrected chi connectivity index (χ3v) is 7.31. The van der Waals surface area contributed by atoms with Crippen molar-refractivity contribution in [2.45, 2.75) is 31.6 Å². The topological polar surface area (TPSA) is 84.4 Å². The van der Waals surface area contributed by atoms with Gasteiger partial charge in [0.25, 0.3) is 0 Å². The van der Waals surface area contributed by atoms with Crippen LogP contribution in [0.4, 0.5) is 11.5 Å². The lowest BCUT2D eigenvalue weighted by Crippen LogP contribution is -2.28. The maximum absolute atomic E-state index is 13.0. The Hall–Kier alpha value is -2.97. The molecule has 1 N–H and O–H groups in total. The minimum Gasteiger partial charge on any atom is -0.494 e. The van der Waals surface area contributed by atoms with Crippen molar-refractivity contribution in [1.29, 1.82) is 0 Å². The molecule has 1 aliphatic heterocycles. The molecule has 4 rings (SSSR count). The zero-order valence-corrected chi connectivity index (χ0v) is 18.5. The number of sulfonamides is 1. The van der Waals surface area contributed by atoms with E-state index in [0.717, 1.165) is 35.4 Å². The molecule has 2 heterocycles. The molecule has 0 spiro atoms. The first-order valence-corrected chi connectivity index (χ1v) is 11.9. The minimum absolute atomic E-state index is 0.338. The molecular formula is C23H26N4O3S. The van der Waals surface area contributed by atoms with Crippen molar-refractivity contribution in [3.8, 4) is 17.0 Å². The second kappa shape index (κ2) is 9.03. The number of anilines is 2. The first kappa shape index (κ1) is 21.3. The zero-order valence-electron chi connectivity index (χ0n) is 17.7. The van der Waals surface area contributed by atoms with Gasteiger partial charge in [-0.05, 0) is 74.7 Å². The smallest absolute Gasteiger partial charge is 0.243 e. The van der Waals surface area contributed by atoms with Crippen LogP contribution in [0.5, 0.6) is 5.75 Å². The number of benzene rings is 2. The SMILES string of the molecule is CCOc1ccc(Nc2ccc(-c3ccc(C)c(S(=O)(=O)N4CCCC4)c3)nn2)cc1. The normalized spacial score (nSPS) is 14.5. The quantitative estimate of drug-likeness (QED) is 0.589. The van der Waals surface area contributed by atoms with Gasteiger partial charge in [-0.25, -0.2) is 8.42 Å². The highest BCUT2D eigenvalue weighted by molar-refractivity contribution is 7.89. The Kier molecular flexibility index (Phi) is 6.20. The summed E-state index contributed by atoms with van der Waals surface area (Å²) < 4.78 is 33.1. The Morgan fingerprint density at radius 2 is 1.74 bits per heavy atom. The van der Waals surface area contributed by atoms with Crippen LogP contribution in [-0.2, 0) is 10.0 Å². The van der Waals surface area contributed by atoms with Crippen molar-refractivity contribution in [1.82, 2.24) is 14.5 Å². The number of rotatable bonds is 7. The van der Waals surface area contributed by atoms with Crippen LogP contribution in [0.1, 0.15) is 25.3 Å². The molecule has 7 nitrogen and oxygen atoms in total. The molecule has 0 unspecified atom stereocenters. The van der Waals surface area contributed by atoms with Gasteiger partial charge in [0.2, 0.25) is 10.0 Å². The van der Waals surface area contributed by atoms with Crippen molar-refractivity contribution in [2.75, 3.05) is 25.0 Å². The molecule has 8 heteroatoms. The van der Waals surface area contributed by atoms with E-state index in [-0.39, 0.29) is 0 Å². The molecule has 3 aromatic rings. The summed E-state index contributed by atoms with van der Waals surface area (Å²) in [6, 6.07) is 16.7. The molecule has 31 heavy (non-hydrogen) atoms. The van der Waals surface area contributed by atoms with E-state index in [0.29, 0.717) is 36.1 Å². The van der Waals surface area contributed by atoms with Gasteiger partial charge < -0.3 is 10.1 Å². The van der Waals surface area contributed by atoms with Crippen molar-refractivity contribution in [3.05, 3.63) is 60.2 Å². The fourth-order valence-electron chi connectivity index (χ4n) is 3.61. The first-order valence-electron chi connectivity index (χ1n) is 10.4. The summed E-state index contributed by atoms with van der Waals surface area (Å²) in [6.45, 7) is 5.56. The maximum atomic E-state index is 13.0. The molecule has 2 aromatic carbocycles. The highest BCUT2D eigenvalue weighted by Crippen LogP contribution is 2.28. The number of ether oxygens (including phenoxy) is 1. The molecule has 1 aromatic heterocycles. The summed E-state index contributed by atoms with van der Waals surface area (Å²) in [4.78, 5) is 0.338. The van der Waals surface area contributed by atoms with E-state index in [1.54, 1.807) is 10.4 Å². The Balaban J connectivity index is 1.54. The van der Waals surface area contributed by atoms with Crippen molar-refractivity contribution >= 4 is 21.5 Å². The third kappa shape index (κ3) is 4.70. The Morgan fingerprint density at radius 1 is 1.00 bits per heavy atom. The van der Waals surface area contributed by atoms with Gasteiger partial charge in [-0.15, -0.1) is 10.2 Å². The molecule has 0 bridgehead atoms. The summed E-state index contributed by atoms with van der Waals surface area (Å²) in [5, 5.41) is 11.7. The van der Waals surface area contributed by atoms with E-state index in [9.17, 15) is 8.42 Å². The summed E-state index contributed by atoms with van der Waals surface area (Å²) in [7, 11) is -3.49. The van der Waals surface area contributed by atoms with Crippen molar-refractivity contribution in [3.63, 3.8) is 0 Å². The number of hydrogen-bond donors (Lipinski definition) is 1. The van der Waals surface area contributed by atoms with E-state index in [2.05, 4.69) is 15.5 Å². The highest BCUT2D eigenvalue weighted by atomic mass is 32.2. The van der Waals surface area contributed by atoms with Gasteiger partial charge in [-0.1, -0.05) is 12.1 Å². The highest BCUT2D eigenvalue weighted by Gasteiger charge is 2.28. The third-order valence-electron chi connectivity index (χ3n) is 5.27. The summed E-state index contributed by atoms with van der Waals surface area (Å²) in [5.74, 6) is 1.42. The number of aromatic nitrogens is 2. The van der Waals surface area contributed by atoms with Crippen LogP contribution >= 0.6 is 0 Å². The van der Waals surface area contributed by atoms with Gasteiger partial charge >= 0.3 is 0 Å². The van der Waals surface area contributed by atoms with Gasteiger partial charge in [0.05, 0.1) is 17.2 Å². The number of aryl methyl sites for hydroxylation is 1. The predicted molar refractivity (Wildman–Crippen MR) is 121 cm³/mol. The van der Waals surface area contributed by atoms with Crippen LogP contribution in [0.2, 0.25) is 0 Å². The van der Waals surface area contributed by atoms with Gasteiger partial charge in [-0.3, -0.25) is 0 Å². The Labute approximate surface area is 183 Å². The molecule has 0 amide bonds. The van der Waals surface area contributed by atoms with E-state index in [1.165, 1.54) is 0 Å². The number of nitrogens with one attached hydrogen (secondary N) is 1. The zero-order chi connectivity index (χ0) is 21.8. The fraction of sp³-hybridized carbons (Fsp3) is 0.304. The van der Waals surface area contributed by atoms with Crippen LogP contribution in [0.3, 0.4) is 0 Å². The molecule has 1 saturated heterocycles. The number of nitrogens with zero attached hydrogens (tertiary/aromatic N) is 3. The van der Waals surface area contributed by atoms with E-state index in [4.69, 9.17) is 4.74 Å². The molecule has 0 saturated carbocycles. The van der Waals surface area contributed by atoms with Crippen LogP contribution in [0.25, 0.3) is 11.3 Å². The van der Waals surface area contributed by atoms with Crippen molar-refractivity contribution in [2.24, 2.45) is 0 Å². The van der Waals surface area contributed by atoms with E-state index in [1.807, 2.05) is 62.4 Å². The van der Waals surface area contributed by atoms with Gasteiger partial charge in [-0.2, -0.15) is 4.31 Å². The summed E-state index contributed by atoms with van der Waals surface area (Å²) in [6.07, 6.45) is 1.82. The average Bonchev–Trinajstić information content (AvgIpc) is 3.32. The van der Waals surface area contributed by atoms with Gasteiger partial charge in [0.1, 0.15) is 5.75 Å². The summed E-state index contributed by atoms with van der Waals surface area (Å²) >= 11 is 0. The van der Waals surface area contributed by atoms with Crippen LogP contribution in [0, 0.1) is 6.92 Å². The van der Waals surface area contributed by atoms with Gasteiger partial charge in [0, 0.05) is 24.3 Å².